The number of halogens is 4. The van der Waals surface area contributed by atoms with E-state index in [1.54, 1.807) is 37.6 Å². The Morgan fingerprint density at radius 1 is 1.25 bits per heavy atom. The van der Waals surface area contributed by atoms with Crippen LogP contribution < -0.4 is 5.32 Å². The molecule has 0 amide bonds. The van der Waals surface area contributed by atoms with Gasteiger partial charge in [-0.25, -0.2) is 0 Å². The molecule has 1 atom stereocenters. The summed E-state index contributed by atoms with van der Waals surface area (Å²) in [6.07, 6.45) is -1.26. The van der Waals surface area contributed by atoms with E-state index in [1.807, 2.05) is 0 Å². The molecule has 106 valence electrons. The summed E-state index contributed by atoms with van der Waals surface area (Å²) in [5.41, 5.74) is 0.203. The Bertz CT molecular complexity index is 585. The van der Waals surface area contributed by atoms with E-state index < -0.39 is 17.8 Å². The summed E-state index contributed by atoms with van der Waals surface area (Å²) in [5.74, 6) is 0. The number of benzene rings is 1. The van der Waals surface area contributed by atoms with E-state index in [0.29, 0.717) is 10.0 Å². The molecule has 0 saturated carbocycles. The lowest BCUT2D eigenvalue weighted by molar-refractivity contribution is -0.138. The van der Waals surface area contributed by atoms with E-state index in [2.05, 4.69) is 26.2 Å². The Hall–Kier alpha value is -1.40. The zero-order valence-corrected chi connectivity index (χ0v) is 12.2. The van der Waals surface area contributed by atoms with Crippen molar-refractivity contribution in [1.82, 2.24) is 10.3 Å². The highest BCUT2D eigenvalue weighted by atomic mass is 79.9. The van der Waals surface area contributed by atoms with Crippen LogP contribution in [0.3, 0.4) is 0 Å². The molecule has 0 fully saturated rings. The first-order valence-corrected chi connectivity index (χ1v) is 6.66. The highest BCUT2D eigenvalue weighted by molar-refractivity contribution is 9.10. The van der Waals surface area contributed by atoms with Crippen LogP contribution >= 0.6 is 15.9 Å². The van der Waals surface area contributed by atoms with E-state index in [1.165, 1.54) is 6.07 Å². The van der Waals surface area contributed by atoms with E-state index in [0.717, 1.165) is 6.07 Å². The van der Waals surface area contributed by atoms with Crippen LogP contribution in [0.2, 0.25) is 0 Å². The third kappa shape index (κ3) is 3.19. The quantitative estimate of drug-likeness (QED) is 0.903. The number of nitrogens with zero attached hydrogens (tertiary/aromatic N) is 1. The lowest BCUT2D eigenvalue weighted by Crippen LogP contribution is -2.22. The zero-order valence-electron chi connectivity index (χ0n) is 10.6. The average Bonchev–Trinajstić information content (AvgIpc) is 2.41. The molecule has 0 aliphatic heterocycles. The van der Waals surface area contributed by atoms with Gasteiger partial charge >= 0.3 is 6.18 Å². The van der Waals surface area contributed by atoms with Crippen molar-refractivity contribution in [3.63, 3.8) is 0 Å². The fraction of sp³-hybridized carbons (Fsp3) is 0.214. The van der Waals surface area contributed by atoms with Gasteiger partial charge in [-0.1, -0.05) is 28.1 Å². The molecule has 1 heterocycles. The Balaban J connectivity index is 2.56. The molecule has 0 saturated heterocycles. The van der Waals surface area contributed by atoms with Crippen molar-refractivity contribution in [2.75, 3.05) is 7.05 Å². The molecule has 2 aromatic rings. The second kappa shape index (κ2) is 5.93. The fourth-order valence-electron chi connectivity index (χ4n) is 2.07. The maximum Gasteiger partial charge on any atom is 0.416 e. The van der Waals surface area contributed by atoms with Crippen molar-refractivity contribution >= 4 is 15.9 Å². The normalized spacial score (nSPS) is 13.2. The molecule has 1 aromatic heterocycles. The SMILES string of the molecule is CNC(c1cccnc1)c1ccc(Br)cc1C(F)(F)F. The van der Waals surface area contributed by atoms with Gasteiger partial charge in [0.25, 0.3) is 0 Å². The van der Waals surface area contributed by atoms with Crippen molar-refractivity contribution < 1.29 is 13.2 Å². The van der Waals surface area contributed by atoms with Crippen molar-refractivity contribution in [2.24, 2.45) is 0 Å². The topological polar surface area (TPSA) is 24.9 Å². The molecule has 20 heavy (non-hydrogen) atoms. The molecular weight excluding hydrogens is 333 g/mol. The molecule has 1 N–H and O–H groups in total. The lowest BCUT2D eigenvalue weighted by atomic mass is 9.95. The standard InChI is InChI=1S/C14H12BrF3N2/c1-19-13(9-3-2-6-20-8-9)11-5-4-10(15)7-12(11)14(16,17)18/h2-8,13,19H,1H3. The van der Waals surface area contributed by atoms with Gasteiger partial charge in [0.15, 0.2) is 0 Å². The second-order valence-corrected chi connectivity index (χ2v) is 5.15. The minimum atomic E-state index is -4.41. The van der Waals surface area contributed by atoms with E-state index in [-0.39, 0.29) is 5.56 Å². The Labute approximate surface area is 123 Å². The lowest BCUT2D eigenvalue weighted by Gasteiger charge is -2.21. The highest BCUT2D eigenvalue weighted by Gasteiger charge is 2.35. The number of rotatable bonds is 3. The Morgan fingerprint density at radius 3 is 2.55 bits per heavy atom. The third-order valence-electron chi connectivity index (χ3n) is 2.94. The van der Waals surface area contributed by atoms with Crippen LogP contribution in [0.1, 0.15) is 22.7 Å². The number of hydrogen-bond acceptors (Lipinski definition) is 2. The zero-order chi connectivity index (χ0) is 14.8. The van der Waals surface area contributed by atoms with E-state index >= 15 is 0 Å². The smallest absolute Gasteiger partial charge is 0.309 e. The predicted molar refractivity (Wildman–Crippen MR) is 74.3 cm³/mol. The van der Waals surface area contributed by atoms with Crippen molar-refractivity contribution in [2.45, 2.75) is 12.2 Å². The third-order valence-corrected chi connectivity index (χ3v) is 3.43. The van der Waals surface area contributed by atoms with Crippen LogP contribution in [0, 0.1) is 0 Å². The van der Waals surface area contributed by atoms with E-state index in [4.69, 9.17) is 0 Å². The molecule has 0 spiro atoms. The number of alkyl halides is 3. The van der Waals surface area contributed by atoms with Crippen LogP contribution in [0.15, 0.2) is 47.2 Å². The summed E-state index contributed by atoms with van der Waals surface area (Å²) in [4.78, 5) is 3.96. The largest absolute Gasteiger partial charge is 0.416 e. The summed E-state index contributed by atoms with van der Waals surface area (Å²) < 4.78 is 39.9. The Kier molecular flexibility index (Phi) is 4.45. The predicted octanol–water partition coefficient (Wildman–Crippen LogP) is 4.17. The van der Waals surface area contributed by atoms with Crippen LogP contribution in [0.5, 0.6) is 0 Å². The van der Waals surface area contributed by atoms with Crippen molar-refractivity contribution in [1.29, 1.82) is 0 Å². The van der Waals surface area contributed by atoms with Crippen LogP contribution in [-0.4, -0.2) is 12.0 Å². The molecule has 0 aliphatic rings. The molecule has 1 unspecified atom stereocenters. The summed E-state index contributed by atoms with van der Waals surface area (Å²) in [5, 5.41) is 2.91. The summed E-state index contributed by atoms with van der Waals surface area (Å²) in [7, 11) is 1.62. The molecule has 1 aromatic carbocycles. The van der Waals surface area contributed by atoms with Gasteiger partial charge in [0.1, 0.15) is 0 Å². The summed E-state index contributed by atoms with van der Waals surface area (Å²) in [6.45, 7) is 0. The van der Waals surface area contributed by atoms with Gasteiger partial charge < -0.3 is 5.32 Å². The van der Waals surface area contributed by atoms with Crippen LogP contribution in [0.4, 0.5) is 13.2 Å². The van der Waals surface area contributed by atoms with Gasteiger partial charge in [-0.2, -0.15) is 13.2 Å². The van der Waals surface area contributed by atoms with Crippen LogP contribution in [-0.2, 0) is 6.18 Å². The molecule has 6 heteroatoms. The summed E-state index contributed by atoms with van der Waals surface area (Å²) >= 11 is 3.08. The average molecular weight is 345 g/mol. The van der Waals surface area contributed by atoms with Gasteiger partial charge in [-0.05, 0) is 36.4 Å². The Morgan fingerprint density at radius 2 is 2.00 bits per heavy atom. The molecule has 2 rings (SSSR count). The first kappa shape index (κ1) is 15.0. The number of hydrogen-bond donors (Lipinski definition) is 1. The molecule has 0 bridgehead atoms. The molecule has 0 radical (unpaired) electrons. The van der Waals surface area contributed by atoms with Gasteiger partial charge in [0.05, 0.1) is 11.6 Å². The van der Waals surface area contributed by atoms with Crippen molar-refractivity contribution in [3.05, 3.63) is 63.9 Å². The maximum atomic E-state index is 13.2. The minimum absolute atomic E-state index is 0.177. The van der Waals surface area contributed by atoms with Gasteiger partial charge in [0, 0.05) is 16.9 Å². The number of aromatic nitrogens is 1. The van der Waals surface area contributed by atoms with E-state index in [9.17, 15) is 13.2 Å². The number of pyridine rings is 1. The molecule has 0 aliphatic carbocycles. The molecule has 2 nitrogen and oxygen atoms in total. The van der Waals surface area contributed by atoms with Gasteiger partial charge in [0.2, 0.25) is 0 Å². The van der Waals surface area contributed by atoms with Crippen molar-refractivity contribution in [3.8, 4) is 0 Å². The second-order valence-electron chi connectivity index (χ2n) is 4.24. The first-order valence-electron chi connectivity index (χ1n) is 5.87. The van der Waals surface area contributed by atoms with Crippen LogP contribution in [0.25, 0.3) is 0 Å². The fourth-order valence-corrected chi connectivity index (χ4v) is 2.44. The monoisotopic (exact) mass is 344 g/mol. The van der Waals surface area contributed by atoms with Gasteiger partial charge in [-0.3, -0.25) is 4.98 Å². The minimum Gasteiger partial charge on any atom is -0.309 e. The highest BCUT2D eigenvalue weighted by Crippen LogP contribution is 2.37. The van der Waals surface area contributed by atoms with Gasteiger partial charge in [-0.15, -0.1) is 0 Å². The maximum absolute atomic E-state index is 13.2. The number of nitrogens with one attached hydrogen (secondary N) is 1. The molecular formula is C14H12BrF3N2. The first-order chi connectivity index (χ1) is 9.43. The summed E-state index contributed by atoms with van der Waals surface area (Å²) in [6, 6.07) is 7.05.